The molecule has 0 saturated heterocycles. The monoisotopic (exact) mass is 328 g/mol. The number of esters is 1. The molecule has 0 radical (unpaired) electrons. The Labute approximate surface area is 141 Å². The number of ketones is 1. The lowest BCUT2D eigenvalue weighted by atomic mass is 10.1. The molecule has 0 spiro atoms. The Hall–Kier alpha value is -2.82. The zero-order chi connectivity index (χ0) is 17.7. The molecule has 2 aromatic carbocycles. The Balaban J connectivity index is 2.01. The molecule has 5 nitrogen and oxygen atoms in total. The Bertz CT molecular complexity index is 764. The molecular weight excluding hydrogens is 308 g/mol. The van der Waals surface area contributed by atoms with Crippen LogP contribution in [0.15, 0.2) is 36.4 Å². The van der Waals surface area contributed by atoms with Crippen molar-refractivity contribution >= 4 is 11.8 Å². The van der Waals surface area contributed by atoms with E-state index >= 15 is 0 Å². The Morgan fingerprint density at radius 3 is 2.33 bits per heavy atom. The van der Waals surface area contributed by atoms with Crippen molar-refractivity contribution in [3.05, 3.63) is 53.1 Å². The van der Waals surface area contributed by atoms with E-state index in [4.69, 9.17) is 14.2 Å². The number of benzene rings is 2. The summed E-state index contributed by atoms with van der Waals surface area (Å²) in [4.78, 5) is 23.3. The highest BCUT2D eigenvalue weighted by Gasteiger charge is 2.13. The van der Waals surface area contributed by atoms with Gasteiger partial charge in [-0.2, -0.15) is 0 Å². The maximum absolute atomic E-state index is 12.0. The number of hydrogen-bond donors (Lipinski definition) is 0. The molecular formula is C19H20O5. The minimum absolute atomic E-state index is 0.0933. The van der Waals surface area contributed by atoms with Crippen molar-refractivity contribution in [2.24, 2.45) is 0 Å². The molecule has 0 aliphatic carbocycles. The molecule has 0 unspecified atom stereocenters. The van der Waals surface area contributed by atoms with E-state index < -0.39 is 5.97 Å². The number of carbonyl (C=O) groups excluding carboxylic acids is 2. The molecule has 5 heteroatoms. The van der Waals surface area contributed by atoms with E-state index in [0.717, 1.165) is 11.1 Å². The summed E-state index contributed by atoms with van der Waals surface area (Å²) in [5.41, 5.74) is 2.72. The number of carbonyl (C=O) groups is 2. The number of aryl methyl sites for hydroxylation is 2. The minimum atomic E-state index is -0.554. The molecule has 24 heavy (non-hydrogen) atoms. The second-order valence-corrected chi connectivity index (χ2v) is 5.43. The highest BCUT2D eigenvalue weighted by Crippen LogP contribution is 2.28. The van der Waals surface area contributed by atoms with Gasteiger partial charge in [0.1, 0.15) is 5.75 Å². The van der Waals surface area contributed by atoms with Crippen molar-refractivity contribution in [2.75, 3.05) is 13.7 Å². The van der Waals surface area contributed by atoms with E-state index in [1.807, 2.05) is 26.0 Å². The zero-order valence-electron chi connectivity index (χ0n) is 14.2. The summed E-state index contributed by atoms with van der Waals surface area (Å²) >= 11 is 0. The highest BCUT2D eigenvalue weighted by molar-refractivity contribution is 5.94. The fraction of sp³-hybridized carbons (Fsp3) is 0.263. The zero-order valence-corrected chi connectivity index (χ0v) is 14.2. The van der Waals surface area contributed by atoms with Gasteiger partial charge in [0.25, 0.3) is 0 Å². The first-order valence-electron chi connectivity index (χ1n) is 7.50. The first-order chi connectivity index (χ1) is 11.4. The molecule has 0 atom stereocenters. The van der Waals surface area contributed by atoms with Gasteiger partial charge in [0, 0.05) is 5.56 Å². The van der Waals surface area contributed by atoms with Gasteiger partial charge < -0.3 is 14.2 Å². The largest absolute Gasteiger partial charge is 0.493 e. The van der Waals surface area contributed by atoms with Gasteiger partial charge in [-0.05, 0) is 62.2 Å². The van der Waals surface area contributed by atoms with E-state index in [2.05, 4.69) is 0 Å². The molecule has 0 aliphatic rings. The summed E-state index contributed by atoms with van der Waals surface area (Å²) in [7, 11) is 1.45. The molecule has 0 heterocycles. The van der Waals surface area contributed by atoms with Crippen molar-refractivity contribution in [2.45, 2.75) is 20.8 Å². The fourth-order valence-electron chi connectivity index (χ4n) is 2.07. The summed E-state index contributed by atoms with van der Waals surface area (Å²) in [6.07, 6.45) is 0. The van der Waals surface area contributed by atoms with Crippen LogP contribution in [-0.2, 0) is 4.79 Å². The van der Waals surface area contributed by atoms with Gasteiger partial charge in [-0.1, -0.05) is 6.07 Å². The van der Waals surface area contributed by atoms with E-state index in [1.165, 1.54) is 26.2 Å². The quantitative estimate of drug-likeness (QED) is 0.461. The maximum atomic E-state index is 12.0. The Morgan fingerprint density at radius 1 is 0.958 bits per heavy atom. The van der Waals surface area contributed by atoms with Gasteiger partial charge in [0.2, 0.25) is 0 Å². The summed E-state index contributed by atoms with van der Waals surface area (Å²) in [5.74, 6) is 0.527. The lowest BCUT2D eigenvalue weighted by Crippen LogP contribution is -2.18. The van der Waals surface area contributed by atoms with Gasteiger partial charge in [-0.25, -0.2) is 4.79 Å². The third-order valence-electron chi connectivity index (χ3n) is 3.63. The average Bonchev–Trinajstić information content (AvgIpc) is 2.56. The first-order valence-corrected chi connectivity index (χ1v) is 7.50. The SMILES string of the molecule is COc1cc(C(C)=O)ccc1OC(=O)COc1ccc(C)c(C)c1. The number of hydrogen-bond acceptors (Lipinski definition) is 5. The van der Waals surface area contributed by atoms with Crippen molar-refractivity contribution in [3.8, 4) is 17.2 Å². The normalized spacial score (nSPS) is 10.2. The number of rotatable bonds is 6. The number of Topliss-reactive ketones (excluding diaryl/α,β-unsaturated/α-hetero) is 1. The second-order valence-electron chi connectivity index (χ2n) is 5.43. The smallest absolute Gasteiger partial charge is 0.349 e. The number of methoxy groups -OCH3 is 1. The third-order valence-corrected chi connectivity index (χ3v) is 3.63. The topological polar surface area (TPSA) is 61.8 Å². The van der Waals surface area contributed by atoms with Crippen LogP contribution < -0.4 is 14.2 Å². The molecule has 0 N–H and O–H groups in total. The number of ether oxygens (including phenoxy) is 3. The average molecular weight is 328 g/mol. The van der Waals surface area contributed by atoms with Crippen LogP contribution in [0.5, 0.6) is 17.2 Å². The van der Waals surface area contributed by atoms with Gasteiger partial charge in [0.05, 0.1) is 7.11 Å². The van der Waals surface area contributed by atoms with Gasteiger partial charge in [0.15, 0.2) is 23.9 Å². The fourth-order valence-corrected chi connectivity index (χ4v) is 2.07. The standard InChI is InChI=1S/C19H20O5/c1-12-5-7-16(9-13(12)2)23-11-19(21)24-17-8-6-15(14(3)20)10-18(17)22-4/h5-10H,11H2,1-4H3. The molecule has 0 saturated carbocycles. The van der Waals surface area contributed by atoms with Gasteiger partial charge in [-0.15, -0.1) is 0 Å². The van der Waals surface area contributed by atoms with E-state index in [-0.39, 0.29) is 18.1 Å². The molecule has 0 aliphatic heterocycles. The minimum Gasteiger partial charge on any atom is -0.493 e. The van der Waals surface area contributed by atoms with Crippen molar-refractivity contribution < 1.29 is 23.8 Å². The molecule has 0 bridgehead atoms. The van der Waals surface area contributed by atoms with Crippen LogP contribution in [0.3, 0.4) is 0 Å². The van der Waals surface area contributed by atoms with Crippen LogP contribution in [0.4, 0.5) is 0 Å². The predicted molar refractivity (Wildman–Crippen MR) is 90.0 cm³/mol. The summed E-state index contributed by atoms with van der Waals surface area (Å²) in [5, 5.41) is 0. The molecule has 0 aromatic heterocycles. The van der Waals surface area contributed by atoms with E-state index in [9.17, 15) is 9.59 Å². The summed E-state index contributed by atoms with van der Waals surface area (Å²) in [6, 6.07) is 10.2. The van der Waals surface area contributed by atoms with Crippen LogP contribution in [0.2, 0.25) is 0 Å². The molecule has 2 rings (SSSR count). The van der Waals surface area contributed by atoms with Crippen LogP contribution >= 0.6 is 0 Å². The summed E-state index contributed by atoms with van der Waals surface area (Å²) in [6.45, 7) is 5.21. The second kappa shape index (κ2) is 7.64. The van der Waals surface area contributed by atoms with Gasteiger partial charge in [-0.3, -0.25) is 4.79 Å². The molecule has 0 amide bonds. The molecule has 2 aromatic rings. The van der Waals surface area contributed by atoms with Crippen molar-refractivity contribution in [1.29, 1.82) is 0 Å². The lowest BCUT2D eigenvalue weighted by molar-refractivity contribution is -0.136. The van der Waals surface area contributed by atoms with Gasteiger partial charge >= 0.3 is 5.97 Å². The molecule has 0 fully saturated rings. The Morgan fingerprint density at radius 2 is 1.71 bits per heavy atom. The highest BCUT2D eigenvalue weighted by atomic mass is 16.6. The predicted octanol–water partition coefficient (Wildman–Crippen LogP) is 3.50. The van der Waals surface area contributed by atoms with Crippen LogP contribution in [0, 0.1) is 13.8 Å². The third kappa shape index (κ3) is 4.35. The first kappa shape index (κ1) is 17.5. The van der Waals surface area contributed by atoms with Crippen LogP contribution in [-0.4, -0.2) is 25.5 Å². The lowest BCUT2D eigenvalue weighted by Gasteiger charge is -2.11. The Kier molecular flexibility index (Phi) is 5.58. The van der Waals surface area contributed by atoms with Crippen molar-refractivity contribution in [1.82, 2.24) is 0 Å². The van der Waals surface area contributed by atoms with Crippen LogP contribution in [0.1, 0.15) is 28.4 Å². The van der Waals surface area contributed by atoms with E-state index in [0.29, 0.717) is 17.1 Å². The molecule has 126 valence electrons. The van der Waals surface area contributed by atoms with Crippen molar-refractivity contribution in [3.63, 3.8) is 0 Å². The maximum Gasteiger partial charge on any atom is 0.349 e. The summed E-state index contributed by atoms with van der Waals surface area (Å²) < 4.78 is 15.8. The van der Waals surface area contributed by atoms with Crippen LogP contribution in [0.25, 0.3) is 0 Å². The van der Waals surface area contributed by atoms with E-state index in [1.54, 1.807) is 12.1 Å².